The van der Waals surface area contributed by atoms with Crippen LogP contribution in [0, 0.1) is 17.3 Å². The van der Waals surface area contributed by atoms with E-state index >= 15 is 0 Å². The maximum Gasteiger partial charge on any atom is 0.303 e. The highest BCUT2D eigenvalue weighted by molar-refractivity contribution is 5.66. The number of unbranched alkanes of at least 4 members (excludes halogenated alkanes) is 1. The number of rotatable bonds is 4. The first kappa shape index (κ1) is 13.6. The summed E-state index contributed by atoms with van der Waals surface area (Å²) in [6.07, 6.45) is 11.1. The summed E-state index contributed by atoms with van der Waals surface area (Å²) in [5.74, 6) is 1.07. The van der Waals surface area contributed by atoms with Gasteiger partial charge in [0.1, 0.15) is 0 Å². The lowest BCUT2D eigenvalue weighted by Gasteiger charge is -2.41. The van der Waals surface area contributed by atoms with Crippen LogP contribution in [0.15, 0.2) is 11.6 Å². The average Bonchev–Trinajstić information content (AvgIpc) is 2.63. The molecule has 0 unspecified atom stereocenters. The SMILES string of the molecule is C[C@H]1CCC[C@]2(C)/C(=C\CCCC(=O)O)CC[C@@H]12. The highest BCUT2D eigenvalue weighted by Gasteiger charge is 2.46. The minimum absolute atomic E-state index is 0.306. The fourth-order valence-electron chi connectivity index (χ4n) is 4.27. The number of hydrogen-bond acceptors (Lipinski definition) is 1. The highest BCUT2D eigenvalue weighted by Crippen LogP contribution is 2.57. The molecule has 3 atom stereocenters. The Labute approximate surface area is 110 Å². The van der Waals surface area contributed by atoms with Crippen molar-refractivity contribution in [2.24, 2.45) is 17.3 Å². The maximum atomic E-state index is 10.5. The fourth-order valence-corrected chi connectivity index (χ4v) is 4.27. The Morgan fingerprint density at radius 1 is 1.50 bits per heavy atom. The molecule has 18 heavy (non-hydrogen) atoms. The molecule has 0 aliphatic heterocycles. The molecule has 0 bridgehead atoms. The van der Waals surface area contributed by atoms with E-state index in [1.807, 2.05) is 0 Å². The van der Waals surface area contributed by atoms with Gasteiger partial charge in [0.25, 0.3) is 0 Å². The van der Waals surface area contributed by atoms with Gasteiger partial charge in [0.2, 0.25) is 0 Å². The predicted molar refractivity (Wildman–Crippen MR) is 73.4 cm³/mol. The summed E-state index contributed by atoms with van der Waals surface area (Å²) in [5, 5.41) is 8.66. The second kappa shape index (κ2) is 5.46. The van der Waals surface area contributed by atoms with E-state index in [0.29, 0.717) is 11.8 Å². The number of allylic oxidation sites excluding steroid dienone is 2. The first-order valence-corrected chi connectivity index (χ1v) is 7.45. The van der Waals surface area contributed by atoms with Crippen molar-refractivity contribution < 1.29 is 9.90 Å². The predicted octanol–water partition coefficient (Wildman–Crippen LogP) is 4.40. The normalized spacial score (nSPS) is 37.8. The van der Waals surface area contributed by atoms with Crippen molar-refractivity contribution in [1.29, 1.82) is 0 Å². The number of fused-ring (bicyclic) bond motifs is 1. The molecule has 2 saturated carbocycles. The lowest BCUT2D eigenvalue weighted by molar-refractivity contribution is -0.137. The van der Waals surface area contributed by atoms with Gasteiger partial charge >= 0.3 is 5.97 Å². The zero-order chi connectivity index (χ0) is 13.2. The Hall–Kier alpha value is -0.790. The van der Waals surface area contributed by atoms with E-state index < -0.39 is 5.97 Å². The zero-order valence-electron chi connectivity index (χ0n) is 11.7. The third kappa shape index (κ3) is 2.62. The second-order valence-electron chi connectivity index (χ2n) is 6.45. The van der Waals surface area contributed by atoms with Crippen molar-refractivity contribution >= 4 is 5.97 Å². The van der Waals surface area contributed by atoms with Crippen molar-refractivity contribution in [3.63, 3.8) is 0 Å². The Balaban J connectivity index is 1.97. The van der Waals surface area contributed by atoms with Crippen molar-refractivity contribution in [2.75, 3.05) is 0 Å². The second-order valence-corrected chi connectivity index (χ2v) is 6.45. The van der Waals surface area contributed by atoms with Crippen molar-refractivity contribution in [1.82, 2.24) is 0 Å². The molecule has 0 radical (unpaired) electrons. The number of carboxylic acids is 1. The van der Waals surface area contributed by atoms with Crippen molar-refractivity contribution in [3.8, 4) is 0 Å². The van der Waals surface area contributed by atoms with Gasteiger partial charge in [-0.15, -0.1) is 0 Å². The maximum absolute atomic E-state index is 10.5. The summed E-state index contributed by atoms with van der Waals surface area (Å²) in [7, 11) is 0. The quantitative estimate of drug-likeness (QED) is 0.593. The Morgan fingerprint density at radius 3 is 3.00 bits per heavy atom. The van der Waals surface area contributed by atoms with Gasteiger partial charge in [-0.05, 0) is 49.4 Å². The van der Waals surface area contributed by atoms with E-state index in [1.165, 1.54) is 32.1 Å². The molecular formula is C16H26O2. The topological polar surface area (TPSA) is 37.3 Å². The molecule has 0 heterocycles. The molecule has 2 heteroatoms. The Morgan fingerprint density at radius 2 is 2.28 bits per heavy atom. The van der Waals surface area contributed by atoms with E-state index in [4.69, 9.17) is 5.11 Å². The molecule has 2 nitrogen and oxygen atoms in total. The minimum Gasteiger partial charge on any atom is -0.481 e. The van der Waals surface area contributed by atoms with Crippen LogP contribution < -0.4 is 0 Å². The smallest absolute Gasteiger partial charge is 0.303 e. The minimum atomic E-state index is -0.671. The van der Waals surface area contributed by atoms with E-state index in [1.54, 1.807) is 5.57 Å². The van der Waals surface area contributed by atoms with Crippen molar-refractivity contribution in [3.05, 3.63) is 11.6 Å². The fraction of sp³-hybridized carbons (Fsp3) is 0.812. The van der Waals surface area contributed by atoms with Crippen LogP contribution in [0.25, 0.3) is 0 Å². The van der Waals surface area contributed by atoms with Gasteiger partial charge in [-0.1, -0.05) is 38.3 Å². The van der Waals surface area contributed by atoms with Crippen LogP contribution >= 0.6 is 0 Å². The van der Waals surface area contributed by atoms with E-state index in [0.717, 1.165) is 24.7 Å². The van der Waals surface area contributed by atoms with Crippen LogP contribution in [-0.2, 0) is 4.79 Å². The number of aliphatic carboxylic acids is 1. The summed E-state index contributed by atoms with van der Waals surface area (Å²) in [4.78, 5) is 10.5. The molecular weight excluding hydrogens is 224 g/mol. The summed E-state index contributed by atoms with van der Waals surface area (Å²) in [5.41, 5.74) is 2.06. The van der Waals surface area contributed by atoms with Gasteiger partial charge in [-0.25, -0.2) is 0 Å². The van der Waals surface area contributed by atoms with Crippen LogP contribution in [0.3, 0.4) is 0 Å². The highest BCUT2D eigenvalue weighted by atomic mass is 16.4. The van der Waals surface area contributed by atoms with Crippen LogP contribution in [0.1, 0.15) is 65.2 Å². The molecule has 102 valence electrons. The zero-order valence-corrected chi connectivity index (χ0v) is 11.7. The number of carbonyl (C=O) groups is 1. The monoisotopic (exact) mass is 250 g/mol. The lowest BCUT2D eigenvalue weighted by Crippen LogP contribution is -2.32. The third-order valence-electron chi connectivity index (χ3n) is 5.30. The molecule has 0 aromatic heterocycles. The Bertz CT molecular complexity index is 345. The molecule has 0 spiro atoms. The molecule has 2 fully saturated rings. The summed E-state index contributed by atoms with van der Waals surface area (Å²) >= 11 is 0. The average molecular weight is 250 g/mol. The van der Waals surface area contributed by atoms with Gasteiger partial charge in [-0.2, -0.15) is 0 Å². The standard InChI is InChI=1S/C16H26O2/c1-12-6-5-11-16(2)13(9-10-14(12)16)7-3-4-8-15(17)18/h7,12,14H,3-6,8-11H2,1-2H3,(H,17,18)/b13-7-/t12-,14-,16+/m0/s1. The molecule has 2 aliphatic carbocycles. The molecule has 1 N–H and O–H groups in total. The largest absolute Gasteiger partial charge is 0.481 e. The van der Waals surface area contributed by atoms with Gasteiger partial charge in [0.15, 0.2) is 0 Å². The first-order chi connectivity index (χ1) is 8.54. The molecule has 0 aromatic carbocycles. The van der Waals surface area contributed by atoms with Gasteiger partial charge in [0, 0.05) is 6.42 Å². The van der Waals surface area contributed by atoms with Crippen LogP contribution in [0.4, 0.5) is 0 Å². The molecule has 0 amide bonds. The van der Waals surface area contributed by atoms with Crippen LogP contribution in [0.5, 0.6) is 0 Å². The molecule has 2 rings (SSSR count). The third-order valence-corrected chi connectivity index (χ3v) is 5.30. The van der Waals surface area contributed by atoms with E-state index in [-0.39, 0.29) is 0 Å². The van der Waals surface area contributed by atoms with Crippen LogP contribution in [-0.4, -0.2) is 11.1 Å². The van der Waals surface area contributed by atoms with Gasteiger partial charge in [-0.3, -0.25) is 4.79 Å². The molecule has 0 aromatic rings. The Kier molecular flexibility index (Phi) is 4.14. The first-order valence-electron chi connectivity index (χ1n) is 7.45. The number of carboxylic acid groups (broad SMARTS) is 1. The summed E-state index contributed by atoms with van der Waals surface area (Å²) in [6.45, 7) is 4.86. The lowest BCUT2D eigenvalue weighted by atomic mass is 9.63. The molecule has 2 aliphatic rings. The molecule has 0 saturated heterocycles. The summed E-state index contributed by atoms with van der Waals surface area (Å²) in [6, 6.07) is 0. The van der Waals surface area contributed by atoms with E-state index in [9.17, 15) is 4.79 Å². The van der Waals surface area contributed by atoms with Gasteiger partial charge < -0.3 is 5.11 Å². The van der Waals surface area contributed by atoms with Crippen molar-refractivity contribution in [2.45, 2.75) is 65.2 Å². The van der Waals surface area contributed by atoms with Crippen LogP contribution in [0.2, 0.25) is 0 Å². The van der Waals surface area contributed by atoms with E-state index in [2.05, 4.69) is 19.9 Å². The summed E-state index contributed by atoms with van der Waals surface area (Å²) < 4.78 is 0. The number of hydrogen-bond donors (Lipinski definition) is 1. The van der Waals surface area contributed by atoms with Gasteiger partial charge in [0.05, 0.1) is 0 Å².